The Balaban J connectivity index is 2.80. The van der Waals surface area contributed by atoms with E-state index in [2.05, 4.69) is 25.9 Å². The lowest BCUT2D eigenvalue weighted by atomic mass is 10.3. The molecule has 1 heterocycles. The number of amides is 1. The summed E-state index contributed by atoms with van der Waals surface area (Å²) in [7, 11) is 3.31. The van der Waals surface area contributed by atoms with Crippen molar-refractivity contribution in [2.45, 2.75) is 13.0 Å². The van der Waals surface area contributed by atoms with Crippen LogP contribution in [0.4, 0.5) is 17.6 Å². The molecule has 7 nitrogen and oxygen atoms in total. The number of hydrogen-bond acceptors (Lipinski definition) is 6. The number of carbonyl (C=O) groups excluding carboxylic acids is 1. The highest BCUT2D eigenvalue weighted by Gasteiger charge is 2.11. The maximum absolute atomic E-state index is 11.3. The average Bonchev–Trinajstić information content (AvgIpc) is 2.26. The summed E-state index contributed by atoms with van der Waals surface area (Å²) in [6.45, 7) is 1.73. The van der Waals surface area contributed by atoms with E-state index in [-0.39, 0.29) is 17.9 Å². The molecule has 88 valence electrons. The SMILES string of the molecule is CNC(=O)C(C)Nc1cc(NC)nc(N)n1. The Bertz CT molecular complexity index is 380. The molecule has 5 N–H and O–H groups in total. The van der Waals surface area contributed by atoms with E-state index in [0.29, 0.717) is 11.6 Å². The second-order valence-corrected chi connectivity index (χ2v) is 3.23. The first-order valence-electron chi connectivity index (χ1n) is 4.87. The van der Waals surface area contributed by atoms with Crippen LogP contribution in [-0.2, 0) is 4.79 Å². The molecule has 1 aromatic rings. The first-order valence-corrected chi connectivity index (χ1v) is 4.87. The van der Waals surface area contributed by atoms with Crippen molar-refractivity contribution < 1.29 is 4.79 Å². The van der Waals surface area contributed by atoms with Gasteiger partial charge in [-0.15, -0.1) is 0 Å². The van der Waals surface area contributed by atoms with E-state index in [9.17, 15) is 4.79 Å². The number of nitrogens with one attached hydrogen (secondary N) is 3. The van der Waals surface area contributed by atoms with Crippen LogP contribution >= 0.6 is 0 Å². The molecule has 0 bridgehead atoms. The number of rotatable bonds is 4. The summed E-state index contributed by atoms with van der Waals surface area (Å²) >= 11 is 0. The fourth-order valence-electron chi connectivity index (χ4n) is 1.17. The Kier molecular flexibility index (Phi) is 3.87. The summed E-state index contributed by atoms with van der Waals surface area (Å²) in [5, 5.41) is 8.31. The van der Waals surface area contributed by atoms with E-state index < -0.39 is 0 Å². The van der Waals surface area contributed by atoms with Crippen molar-refractivity contribution in [1.29, 1.82) is 0 Å². The number of likely N-dealkylation sites (N-methyl/N-ethyl adjacent to an activating group) is 1. The Morgan fingerprint density at radius 1 is 1.38 bits per heavy atom. The molecule has 0 radical (unpaired) electrons. The number of carbonyl (C=O) groups is 1. The summed E-state index contributed by atoms with van der Waals surface area (Å²) in [6.07, 6.45) is 0. The van der Waals surface area contributed by atoms with Crippen molar-refractivity contribution in [2.24, 2.45) is 0 Å². The third-order valence-corrected chi connectivity index (χ3v) is 2.00. The third-order valence-electron chi connectivity index (χ3n) is 2.00. The lowest BCUT2D eigenvalue weighted by Gasteiger charge is -2.13. The number of nitrogens with zero attached hydrogens (tertiary/aromatic N) is 2. The Morgan fingerprint density at radius 3 is 2.56 bits per heavy atom. The standard InChI is InChI=1S/C9H16N6O/c1-5(8(16)12-3)13-7-4-6(11-2)14-9(10)15-7/h4-5H,1-3H3,(H,12,16)(H4,10,11,13,14,15). The third kappa shape index (κ3) is 2.97. The second-order valence-electron chi connectivity index (χ2n) is 3.23. The Labute approximate surface area is 93.8 Å². The van der Waals surface area contributed by atoms with Gasteiger partial charge >= 0.3 is 0 Å². The topological polar surface area (TPSA) is 105 Å². The van der Waals surface area contributed by atoms with Gasteiger partial charge in [-0.3, -0.25) is 4.79 Å². The predicted molar refractivity (Wildman–Crippen MR) is 63.1 cm³/mol. The highest BCUT2D eigenvalue weighted by Crippen LogP contribution is 2.12. The average molecular weight is 224 g/mol. The monoisotopic (exact) mass is 224 g/mol. The minimum absolute atomic E-state index is 0.122. The van der Waals surface area contributed by atoms with E-state index >= 15 is 0 Å². The first kappa shape index (κ1) is 12.0. The van der Waals surface area contributed by atoms with Gasteiger partial charge in [0.25, 0.3) is 0 Å². The summed E-state index contributed by atoms with van der Waals surface area (Å²) < 4.78 is 0. The highest BCUT2D eigenvalue weighted by molar-refractivity contribution is 5.83. The van der Waals surface area contributed by atoms with Gasteiger partial charge in [0.05, 0.1) is 0 Å². The van der Waals surface area contributed by atoms with Gasteiger partial charge in [-0.1, -0.05) is 0 Å². The quantitative estimate of drug-likeness (QED) is 0.557. The van der Waals surface area contributed by atoms with Gasteiger partial charge in [0.2, 0.25) is 11.9 Å². The number of nitrogen functional groups attached to an aromatic ring is 1. The lowest BCUT2D eigenvalue weighted by Crippen LogP contribution is -2.35. The van der Waals surface area contributed by atoms with Crippen LogP contribution in [-0.4, -0.2) is 36.0 Å². The van der Waals surface area contributed by atoms with Crippen molar-refractivity contribution in [3.63, 3.8) is 0 Å². The van der Waals surface area contributed by atoms with E-state index in [4.69, 9.17) is 5.73 Å². The van der Waals surface area contributed by atoms with E-state index in [1.54, 1.807) is 27.1 Å². The molecule has 0 aromatic carbocycles. The number of aromatic nitrogens is 2. The first-order chi connectivity index (χ1) is 7.56. The molecule has 7 heteroatoms. The largest absolute Gasteiger partial charge is 0.373 e. The number of hydrogen-bond donors (Lipinski definition) is 4. The minimum atomic E-state index is -0.385. The van der Waals surface area contributed by atoms with Crippen LogP contribution in [0.2, 0.25) is 0 Å². The molecule has 1 aromatic heterocycles. The maximum Gasteiger partial charge on any atom is 0.241 e. The van der Waals surface area contributed by atoms with Crippen molar-refractivity contribution in [1.82, 2.24) is 15.3 Å². The smallest absolute Gasteiger partial charge is 0.241 e. The van der Waals surface area contributed by atoms with Crippen molar-refractivity contribution in [3.8, 4) is 0 Å². The zero-order valence-electron chi connectivity index (χ0n) is 9.53. The molecular formula is C9H16N6O. The summed E-state index contributed by atoms with van der Waals surface area (Å²) in [5.41, 5.74) is 5.52. The molecular weight excluding hydrogens is 208 g/mol. The van der Waals surface area contributed by atoms with Gasteiger partial charge in [-0.05, 0) is 6.92 Å². The van der Waals surface area contributed by atoms with Crippen LogP contribution in [0.15, 0.2) is 6.07 Å². The molecule has 0 saturated carbocycles. The van der Waals surface area contributed by atoms with E-state index in [1.807, 2.05) is 0 Å². The number of anilines is 3. The van der Waals surface area contributed by atoms with Gasteiger partial charge in [0.1, 0.15) is 17.7 Å². The van der Waals surface area contributed by atoms with E-state index in [1.165, 1.54) is 0 Å². The van der Waals surface area contributed by atoms with Gasteiger partial charge in [0.15, 0.2) is 0 Å². The summed E-state index contributed by atoms with van der Waals surface area (Å²) in [6, 6.07) is 1.29. The minimum Gasteiger partial charge on any atom is -0.373 e. The zero-order chi connectivity index (χ0) is 12.1. The molecule has 0 fully saturated rings. The van der Waals surface area contributed by atoms with Crippen LogP contribution < -0.4 is 21.7 Å². The van der Waals surface area contributed by atoms with Crippen molar-refractivity contribution in [2.75, 3.05) is 30.5 Å². The summed E-state index contributed by atoms with van der Waals surface area (Å²) in [5.74, 6) is 1.13. The van der Waals surface area contributed by atoms with Crippen LogP contribution in [0.3, 0.4) is 0 Å². The molecule has 1 unspecified atom stereocenters. The van der Waals surface area contributed by atoms with Gasteiger partial charge in [-0.25, -0.2) is 0 Å². The van der Waals surface area contributed by atoms with Crippen molar-refractivity contribution in [3.05, 3.63) is 6.07 Å². The normalized spacial score (nSPS) is 11.7. The molecule has 0 aliphatic carbocycles. The molecule has 0 spiro atoms. The van der Waals surface area contributed by atoms with Gasteiger partial charge in [0, 0.05) is 20.2 Å². The van der Waals surface area contributed by atoms with Crippen molar-refractivity contribution >= 4 is 23.5 Å². The second kappa shape index (κ2) is 5.15. The van der Waals surface area contributed by atoms with Crippen LogP contribution in [0.25, 0.3) is 0 Å². The number of nitrogens with two attached hydrogens (primary N) is 1. The zero-order valence-corrected chi connectivity index (χ0v) is 9.53. The highest BCUT2D eigenvalue weighted by atomic mass is 16.2. The molecule has 16 heavy (non-hydrogen) atoms. The van der Waals surface area contributed by atoms with Gasteiger partial charge < -0.3 is 21.7 Å². The molecule has 1 amide bonds. The molecule has 1 atom stereocenters. The van der Waals surface area contributed by atoms with Crippen LogP contribution in [0, 0.1) is 0 Å². The van der Waals surface area contributed by atoms with Gasteiger partial charge in [-0.2, -0.15) is 9.97 Å². The molecule has 0 aliphatic heterocycles. The molecule has 0 saturated heterocycles. The Morgan fingerprint density at radius 2 is 2.00 bits per heavy atom. The molecule has 0 aliphatic rings. The van der Waals surface area contributed by atoms with Crippen LogP contribution in [0.1, 0.15) is 6.92 Å². The van der Waals surface area contributed by atoms with Crippen LogP contribution in [0.5, 0.6) is 0 Å². The fourth-order valence-corrected chi connectivity index (χ4v) is 1.17. The lowest BCUT2D eigenvalue weighted by molar-refractivity contribution is -0.121. The fraction of sp³-hybridized carbons (Fsp3) is 0.444. The summed E-state index contributed by atoms with van der Waals surface area (Å²) in [4.78, 5) is 19.2. The van der Waals surface area contributed by atoms with E-state index in [0.717, 1.165) is 0 Å². The molecule has 1 rings (SSSR count). The maximum atomic E-state index is 11.3. The Hall–Kier alpha value is -2.05. The predicted octanol–water partition coefficient (Wildman–Crippen LogP) is -0.353.